The lowest BCUT2D eigenvalue weighted by molar-refractivity contribution is 0.513. The van der Waals surface area contributed by atoms with Gasteiger partial charge in [-0.25, -0.2) is 0 Å². The van der Waals surface area contributed by atoms with Gasteiger partial charge >= 0.3 is 0 Å². The number of hydrogen-bond donors (Lipinski definition) is 0. The average Bonchev–Trinajstić information content (AvgIpc) is 3.69. The van der Waals surface area contributed by atoms with Crippen molar-refractivity contribution in [3.05, 3.63) is 148 Å². The molecule has 5 heteroatoms. The SMILES string of the molecule is CC1C=Cc2c(oc3cccc(N4C5=CC=CCC5B5C6=C4CCC=C6N(C4C=Cc6oc7ccccc7c6C4)c4ccccc45)c23)C1. The molecule has 4 aliphatic carbocycles. The minimum absolute atomic E-state index is 0.187. The first-order valence-corrected chi connectivity index (χ1v) is 17.6. The van der Waals surface area contributed by atoms with E-state index >= 15 is 0 Å². The van der Waals surface area contributed by atoms with Gasteiger partial charge < -0.3 is 18.6 Å². The summed E-state index contributed by atoms with van der Waals surface area (Å²) in [5.41, 5.74) is 14.3. The third kappa shape index (κ3) is 3.62. The number of benzene rings is 3. The highest BCUT2D eigenvalue weighted by atomic mass is 16.3. The molecule has 232 valence electrons. The second kappa shape index (κ2) is 9.93. The zero-order chi connectivity index (χ0) is 31.5. The van der Waals surface area contributed by atoms with Crippen LogP contribution in [0.25, 0.3) is 34.1 Å². The summed E-state index contributed by atoms with van der Waals surface area (Å²) in [6, 6.07) is 24.6. The molecule has 3 aromatic carbocycles. The molecule has 0 N–H and O–H groups in total. The maximum absolute atomic E-state index is 6.57. The number of allylic oxidation sites excluding steroid dienone is 8. The lowest BCUT2D eigenvalue weighted by Crippen LogP contribution is -2.56. The molecule has 6 aliphatic rings. The molecule has 4 nitrogen and oxygen atoms in total. The summed E-state index contributed by atoms with van der Waals surface area (Å²) in [4.78, 5) is 5.32. The van der Waals surface area contributed by atoms with Crippen molar-refractivity contribution in [3.8, 4) is 0 Å². The van der Waals surface area contributed by atoms with Gasteiger partial charge in [0, 0.05) is 52.1 Å². The van der Waals surface area contributed by atoms with Gasteiger partial charge in [0.05, 0.1) is 17.1 Å². The molecule has 0 bridgehead atoms. The molecular weight excluding hydrogens is 587 g/mol. The molecule has 5 aromatic rings. The molecule has 4 heterocycles. The van der Waals surface area contributed by atoms with E-state index in [4.69, 9.17) is 8.83 Å². The van der Waals surface area contributed by atoms with Crippen molar-refractivity contribution < 1.29 is 8.83 Å². The number of hydrogen-bond acceptors (Lipinski definition) is 4. The molecule has 2 aromatic heterocycles. The van der Waals surface area contributed by atoms with Gasteiger partial charge in [-0.15, -0.1) is 0 Å². The van der Waals surface area contributed by atoms with Gasteiger partial charge in [-0.05, 0) is 72.9 Å². The van der Waals surface area contributed by atoms with Gasteiger partial charge in [0.2, 0.25) is 6.71 Å². The molecule has 0 amide bonds. The molecule has 2 aliphatic heterocycles. The zero-order valence-electron chi connectivity index (χ0n) is 27.0. The summed E-state index contributed by atoms with van der Waals surface area (Å²) >= 11 is 0. The normalized spacial score (nSPS) is 23.5. The van der Waals surface area contributed by atoms with Crippen LogP contribution in [0.3, 0.4) is 0 Å². The van der Waals surface area contributed by atoms with Crippen LogP contribution in [0.4, 0.5) is 11.4 Å². The van der Waals surface area contributed by atoms with E-state index in [0.717, 1.165) is 54.8 Å². The van der Waals surface area contributed by atoms with E-state index < -0.39 is 0 Å². The second-order valence-electron chi connectivity index (χ2n) is 14.3. The van der Waals surface area contributed by atoms with Crippen molar-refractivity contribution in [3.63, 3.8) is 0 Å². The fourth-order valence-electron chi connectivity index (χ4n) is 9.64. The number of nitrogens with zero attached hydrogens (tertiary/aromatic N) is 2. The summed E-state index contributed by atoms with van der Waals surface area (Å²) in [5.74, 6) is 2.95. The Balaban J connectivity index is 1.13. The van der Waals surface area contributed by atoms with Gasteiger partial charge in [-0.1, -0.05) is 91.3 Å². The highest BCUT2D eigenvalue weighted by Gasteiger charge is 2.50. The van der Waals surface area contributed by atoms with Crippen LogP contribution in [0.2, 0.25) is 5.82 Å². The number of fused-ring (bicyclic) bond motifs is 10. The third-order valence-corrected chi connectivity index (χ3v) is 11.6. The van der Waals surface area contributed by atoms with Crippen LogP contribution in [-0.2, 0) is 12.8 Å². The Morgan fingerprint density at radius 3 is 2.71 bits per heavy atom. The molecule has 3 atom stereocenters. The maximum Gasteiger partial charge on any atom is 0.226 e. The van der Waals surface area contributed by atoms with Gasteiger partial charge in [-0.3, -0.25) is 0 Å². The predicted molar refractivity (Wildman–Crippen MR) is 198 cm³/mol. The molecule has 3 unspecified atom stereocenters. The Hall–Kier alpha value is -5.16. The quantitative estimate of drug-likeness (QED) is 0.184. The molecule has 0 saturated carbocycles. The Labute approximate surface area is 280 Å². The number of rotatable bonds is 2. The first kappa shape index (κ1) is 26.9. The van der Waals surface area contributed by atoms with Crippen LogP contribution in [0.1, 0.15) is 48.8 Å². The van der Waals surface area contributed by atoms with Crippen molar-refractivity contribution >= 4 is 57.6 Å². The highest BCUT2D eigenvalue weighted by molar-refractivity contribution is 6.85. The van der Waals surface area contributed by atoms with Crippen molar-refractivity contribution in [1.29, 1.82) is 0 Å². The van der Waals surface area contributed by atoms with Crippen molar-refractivity contribution in [2.75, 3.05) is 9.80 Å². The first-order valence-electron chi connectivity index (χ1n) is 17.6. The molecule has 0 spiro atoms. The summed E-state index contributed by atoms with van der Waals surface area (Å²) in [5, 5.41) is 2.48. The lowest BCUT2D eigenvalue weighted by Gasteiger charge is -2.52. The first-order chi connectivity index (χ1) is 23.7. The lowest BCUT2D eigenvalue weighted by atomic mass is 9.28. The van der Waals surface area contributed by atoms with Crippen LogP contribution in [0.15, 0.2) is 135 Å². The van der Waals surface area contributed by atoms with E-state index in [2.05, 4.69) is 132 Å². The topological polar surface area (TPSA) is 32.8 Å². The average molecular weight is 623 g/mol. The number of anilines is 2. The largest absolute Gasteiger partial charge is 0.460 e. The number of para-hydroxylation sites is 2. The van der Waals surface area contributed by atoms with Crippen molar-refractivity contribution in [2.45, 2.75) is 50.9 Å². The summed E-state index contributed by atoms with van der Waals surface area (Å²) in [6.07, 6.45) is 23.7. The van der Waals surface area contributed by atoms with Crippen LogP contribution in [-0.4, -0.2) is 12.8 Å². The van der Waals surface area contributed by atoms with E-state index in [1.165, 1.54) is 61.3 Å². The molecular formula is C43H35BN2O2. The monoisotopic (exact) mass is 622 g/mol. The number of furan rings is 2. The van der Waals surface area contributed by atoms with Crippen LogP contribution in [0.5, 0.6) is 0 Å². The molecule has 48 heavy (non-hydrogen) atoms. The van der Waals surface area contributed by atoms with Crippen molar-refractivity contribution in [2.24, 2.45) is 5.92 Å². The van der Waals surface area contributed by atoms with Crippen LogP contribution in [0, 0.1) is 5.92 Å². The molecule has 0 radical (unpaired) electrons. The van der Waals surface area contributed by atoms with E-state index in [-0.39, 0.29) is 6.04 Å². The minimum atomic E-state index is 0.187. The van der Waals surface area contributed by atoms with Gasteiger partial charge in [0.25, 0.3) is 0 Å². The Morgan fingerprint density at radius 1 is 0.854 bits per heavy atom. The van der Waals surface area contributed by atoms with Gasteiger partial charge in [0.15, 0.2) is 0 Å². The van der Waals surface area contributed by atoms with Gasteiger partial charge in [0.1, 0.15) is 22.7 Å². The van der Waals surface area contributed by atoms with E-state index in [1.54, 1.807) is 0 Å². The summed E-state index contributed by atoms with van der Waals surface area (Å²) < 4.78 is 12.9. The third-order valence-electron chi connectivity index (χ3n) is 11.6. The Morgan fingerprint density at radius 2 is 1.73 bits per heavy atom. The van der Waals surface area contributed by atoms with E-state index in [1.807, 2.05) is 0 Å². The smallest absolute Gasteiger partial charge is 0.226 e. The molecule has 0 saturated heterocycles. The van der Waals surface area contributed by atoms with E-state index in [9.17, 15) is 0 Å². The maximum atomic E-state index is 6.57. The Bertz CT molecular complexity index is 2400. The summed E-state index contributed by atoms with van der Waals surface area (Å²) in [6.45, 7) is 2.58. The van der Waals surface area contributed by atoms with Crippen LogP contribution >= 0.6 is 0 Å². The fraction of sp³-hybridized carbons (Fsp3) is 0.209. The predicted octanol–water partition coefficient (Wildman–Crippen LogP) is 9.75. The fourth-order valence-corrected chi connectivity index (χ4v) is 9.64. The standard InChI is InChI=1S/C43H35BN2O2/c1-26-20-22-29-41(24-26)48-40-19-9-15-35(42(29)40)46-34-14-6-4-12-32(34)44-31-11-3-5-13-33(31)45(36-16-8-17-37(46)43(36)44)27-21-23-39-30(25-27)28-10-2-7-18-38(28)47-39/h2-7,9-11,13-16,18-23,26-27,32H,8,12,17,24-25H2,1H3. The zero-order valence-corrected chi connectivity index (χ0v) is 27.0. The van der Waals surface area contributed by atoms with Crippen molar-refractivity contribution in [1.82, 2.24) is 0 Å². The van der Waals surface area contributed by atoms with Gasteiger partial charge in [-0.2, -0.15) is 0 Å². The van der Waals surface area contributed by atoms with Crippen LogP contribution < -0.4 is 15.3 Å². The summed E-state index contributed by atoms with van der Waals surface area (Å²) in [7, 11) is 0. The Kier molecular flexibility index (Phi) is 5.56. The molecule has 11 rings (SSSR count). The highest BCUT2D eigenvalue weighted by Crippen LogP contribution is 2.54. The van der Waals surface area contributed by atoms with E-state index in [0.29, 0.717) is 18.4 Å². The second-order valence-corrected chi connectivity index (χ2v) is 14.3. The molecule has 0 fully saturated rings. The minimum Gasteiger partial charge on any atom is -0.460 e.